The molecule has 1 saturated heterocycles. The fourth-order valence-electron chi connectivity index (χ4n) is 4.35. The maximum Gasteiger partial charge on any atom is 0.264 e. The molecule has 0 spiro atoms. The van der Waals surface area contributed by atoms with E-state index < -0.39 is 0 Å². The van der Waals surface area contributed by atoms with E-state index in [2.05, 4.69) is 11.2 Å². The van der Waals surface area contributed by atoms with Crippen LogP contribution in [0.3, 0.4) is 0 Å². The van der Waals surface area contributed by atoms with Crippen LogP contribution in [0.25, 0.3) is 26.1 Å². The number of likely N-dealkylation sites (tertiary alicyclic amines) is 1. The first kappa shape index (κ1) is 19.9. The fraction of sp³-hybridized carbons (Fsp3) is 0.208. The number of nitrogens with zero attached hydrogens (tertiary/aromatic N) is 4. The molecule has 0 N–H and O–H groups in total. The Morgan fingerprint density at radius 3 is 2.75 bits per heavy atom. The molecule has 4 heterocycles. The summed E-state index contributed by atoms with van der Waals surface area (Å²) < 4.78 is 3.07. The molecule has 0 unspecified atom stereocenters. The Kier molecular flexibility index (Phi) is 4.78. The lowest BCUT2D eigenvalue weighted by Crippen LogP contribution is -2.29. The number of carbonyl (C=O) groups is 1. The average molecular weight is 479 g/mol. The topological polar surface area (TPSA) is 51.0 Å². The van der Waals surface area contributed by atoms with E-state index in [0.29, 0.717) is 5.02 Å². The Hall–Kier alpha value is -2.74. The second kappa shape index (κ2) is 7.69. The van der Waals surface area contributed by atoms with Crippen molar-refractivity contribution in [2.45, 2.75) is 25.8 Å². The highest BCUT2D eigenvalue weighted by atomic mass is 35.5. The molecule has 0 saturated carbocycles. The zero-order chi connectivity index (χ0) is 21.8. The van der Waals surface area contributed by atoms with Gasteiger partial charge in [-0.3, -0.25) is 4.79 Å². The molecule has 0 radical (unpaired) electrons. The number of rotatable bonds is 3. The Balaban J connectivity index is 1.36. The normalized spacial score (nSPS) is 16.4. The van der Waals surface area contributed by atoms with Crippen molar-refractivity contribution in [3.63, 3.8) is 0 Å². The van der Waals surface area contributed by atoms with Gasteiger partial charge in [0.05, 0.1) is 32.5 Å². The van der Waals surface area contributed by atoms with Crippen LogP contribution in [0.15, 0.2) is 54.6 Å². The van der Waals surface area contributed by atoms with Gasteiger partial charge in [0.2, 0.25) is 0 Å². The summed E-state index contributed by atoms with van der Waals surface area (Å²) in [7, 11) is 0. The monoisotopic (exact) mass is 478 g/mol. The third-order valence-corrected chi connectivity index (χ3v) is 8.42. The standard InChI is InChI=1S/C24H19ClN4OS2/c1-14-17-13-21(32-24(17)29(27-14)16-10-8-15(25)9-11-16)23(30)28-12-4-6-19(28)22-26-18-5-2-3-7-20(18)31-22/h2-3,5,7-11,13,19H,4,6,12H2,1H3/t19-/m0/s1. The molecule has 5 aromatic rings. The first-order chi connectivity index (χ1) is 15.6. The predicted octanol–water partition coefficient (Wildman–Crippen LogP) is 6.64. The van der Waals surface area contributed by atoms with E-state index in [1.165, 1.54) is 16.0 Å². The van der Waals surface area contributed by atoms with Crippen molar-refractivity contribution in [2.75, 3.05) is 6.54 Å². The van der Waals surface area contributed by atoms with Gasteiger partial charge in [-0.05, 0) is 62.2 Å². The molecule has 1 atom stereocenters. The van der Waals surface area contributed by atoms with Gasteiger partial charge in [0, 0.05) is 17.0 Å². The third-order valence-electron chi connectivity index (χ3n) is 5.94. The van der Waals surface area contributed by atoms with Gasteiger partial charge in [-0.1, -0.05) is 23.7 Å². The molecule has 1 aliphatic heterocycles. The Morgan fingerprint density at radius 1 is 1.12 bits per heavy atom. The minimum Gasteiger partial charge on any atom is -0.328 e. The number of fused-ring (bicyclic) bond motifs is 2. The van der Waals surface area contributed by atoms with Crippen molar-refractivity contribution >= 4 is 60.6 Å². The highest BCUT2D eigenvalue weighted by molar-refractivity contribution is 7.20. The van der Waals surface area contributed by atoms with Crippen LogP contribution in [0.2, 0.25) is 5.02 Å². The first-order valence-corrected chi connectivity index (χ1v) is 12.5. The summed E-state index contributed by atoms with van der Waals surface area (Å²) in [4.78, 5) is 22.1. The van der Waals surface area contributed by atoms with E-state index in [0.717, 1.165) is 56.4 Å². The summed E-state index contributed by atoms with van der Waals surface area (Å²) >= 11 is 9.24. The minimum atomic E-state index is 0.0407. The van der Waals surface area contributed by atoms with Gasteiger partial charge in [-0.15, -0.1) is 22.7 Å². The number of thiazole rings is 1. The summed E-state index contributed by atoms with van der Waals surface area (Å²) in [6.45, 7) is 2.74. The highest BCUT2D eigenvalue weighted by Crippen LogP contribution is 2.39. The number of amides is 1. The van der Waals surface area contributed by atoms with Gasteiger partial charge in [0.1, 0.15) is 9.84 Å². The number of thiophene rings is 1. The molecular weight excluding hydrogens is 460 g/mol. The lowest BCUT2D eigenvalue weighted by molar-refractivity contribution is 0.0740. The van der Waals surface area contributed by atoms with E-state index in [9.17, 15) is 4.79 Å². The molecule has 1 fully saturated rings. The maximum atomic E-state index is 13.6. The number of hydrogen-bond acceptors (Lipinski definition) is 5. The van der Waals surface area contributed by atoms with Crippen molar-refractivity contribution in [1.29, 1.82) is 0 Å². The molecule has 160 valence electrons. The van der Waals surface area contributed by atoms with Crippen molar-refractivity contribution in [1.82, 2.24) is 19.7 Å². The van der Waals surface area contributed by atoms with Gasteiger partial charge in [-0.25, -0.2) is 9.67 Å². The van der Waals surface area contributed by atoms with E-state index in [1.807, 2.05) is 65.0 Å². The average Bonchev–Trinajstić information content (AvgIpc) is 3.57. The number of para-hydroxylation sites is 1. The predicted molar refractivity (Wildman–Crippen MR) is 131 cm³/mol. The molecule has 3 aromatic heterocycles. The number of aromatic nitrogens is 3. The molecule has 0 aliphatic carbocycles. The lowest BCUT2D eigenvalue weighted by atomic mass is 10.2. The van der Waals surface area contributed by atoms with E-state index in [4.69, 9.17) is 16.6 Å². The molecule has 0 bridgehead atoms. The smallest absolute Gasteiger partial charge is 0.264 e. The molecule has 1 aliphatic rings. The Labute approximate surface area is 197 Å². The van der Waals surface area contributed by atoms with Gasteiger partial charge in [0.25, 0.3) is 5.91 Å². The van der Waals surface area contributed by atoms with E-state index in [-0.39, 0.29) is 11.9 Å². The number of benzene rings is 2. The van der Waals surface area contributed by atoms with Crippen molar-refractivity contribution < 1.29 is 4.79 Å². The molecule has 6 rings (SSSR count). The summed E-state index contributed by atoms with van der Waals surface area (Å²) in [6, 6.07) is 17.8. The van der Waals surface area contributed by atoms with Crippen LogP contribution in [0.5, 0.6) is 0 Å². The lowest BCUT2D eigenvalue weighted by Gasteiger charge is -2.22. The molecule has 8 heteroatoms. The molecule has 32 heavy (non-hydrogen) atoms. The van der Waals surface area contributed by atoms with Crippen molar-refractivity contribution in [2.24, 2.45) is 0 Å². The fourth-order valence-corrected chi connectivity index (χ4v) is 6.73. The molecule has 2 aromatic carbocycles. The van der Waals surface area contributed by atoms with Crippen LogP contribution in [0.4, 0.5) is 0 Å². The van der Waals surface area contributed by atoms with Crippen molar-refractivity contribution in [3.8, 4) is 5.69 Å². The molecule has 5 nitrogen and oxygen atoms in total. The Bertz CT molecular complexity index is 1430. The SMILES string of the molecule is Cc1nn(-c2ccc(Cl)cc2)c2sc(C(=O)N3CCC[C@H]3c3nc4ccccc4s3)cc12. The van der Waals surface area contributed by atoms with Crippen LogP contribution in [0, 0.1) is 6.92 Å². The van der Waals surface area contributed by atoms with E-state index in [1.54, 1.807) is 11.3 Å². The number of carbonyl (C=O) groups excluding carboxylic acids is 1. The van der Waals surface area contributed by atoms with E-state index >= 15 is 0 Å². The molecule has 1 amide bonds. The second-order valence-electron chi connectivity index (χ2n) is 7.98. The summed E-state index contributed by atoms with van der Waals surface area (Å²) in [5.41, 5.74) is 2.85. The largest absolute Gasteiger partial charge is 0.328 e. The summed E-state index contributed by atoms with van der Waals surface area (Å²) in [5.74, 6) is 0.0787. The summed E-state index contributed by atoms with van der Waals surface area (Å²) in [6.07, 6.45) is 1.95. The van der Waals surface area contributed by atoms with Crippen LogP contribution in [-0.4, -0.2) is 32.1 Å². The van der Waals surface area contributed by atoms with Crippen LogP contribution < -0.4 is 0 Å². The maximum absolute atomic E-state index is 13.6. The number of halogens is 1. The minimum absolute atomic E-state index is 0.0407. The van der Waals surface area contributed by atoms with Gasteiger partial charge >= 0.3 is 0 Å². The highest BCUT2D eigenvalue weighted by Gasteiger charge is 2.34. The molecular formula is C24H19ClN4OS2. The van der Waals surface area contributed by atoms with Crippen LogP contribution in [0.1, 0.15) is 39.3 Å². The van der Waals surface area contributed by atoms with Gasteiger partial charge in [0.15, 0.2) is 0 Å². The number of aryl methyl sites for hydroxylation is 1. The summed E-state index contributed by atoms with van der Waals surface area (Å²) in [5, 5.41) is 7.42. The van der Waals surface area contributed by atoms with Crippen LogP contribution >= 0.6 is 34.3 Å². The van der Waals surface area contributed by atoms with Gasteiger partial charge in [-0.2, -0.15) is 5.10 Å². The van der Waals surface area contributed by atoms with Gasteiger partial charge < -0.3 is 4.90 Å². The van der Waals surface area contributed by atoms with Crippen LogP contribution in [-0.2, 0) is 0 Å². The first-order valence-electron chi connectivity index (χ1n) is 10.5. The number of hydrogen-bond donors (Lipinski definition) is 0. The van der Waals surface area contributed by atoms with Crippen molar-refractivity contribution in [3.05, 3.63) is 75.2 Å². The zero-order valence-corrected chi connectivity index (χ0v) is 19.7. The quantitative estimate of drug-likeness (QED) is 0.292. The Morgan fingerprint density at radius 2 is 1.94 bits per heavy atom. The second-order valence-corrected chi connectivity index (χ2v) is 10.5. The third kappa shape index (κ3) is 3.23. The zero-order valence-electron chi connectivity index (χ0n) is 17.3.